The number of benzene rings is 1. The number of carbonyl (C=O) groups excluding carboxylic acids is 1. The number of aliphatic hydroxyl groups excluding tert-OH is 1. The summed E-state index contributed by atoms with van der Waals surface area (Å²) in [5, 5.41) is 13.3. The molecule has 13 heteroatoms. The van der Waals surface area contributed by atoms with Crippen LogP contribution in [-0.4, -0.2) is 93.3 Å². The first-order valence-corrected chi connectivity index (χ1v) is 13.9. The van der Waals surface area contributed by atoms with Crippen LogP contribution < -0.4 is 10.2 Å². The molecular formula is C28H37F2N7O4. The third kappa shape index (κ3) is 6.67. The van der Waals surface area contributed by atoms with E-state index >= 15 is 0 Å². The first-order valence-electron chi connectivity index (χ1n) is 13.9. The van der Waals surface area contributed by atoms with E-state index < -0.39 is 17.9 Å². The van der Waals surface area contributed by atoms with Crippen LogP contribution in [0.1, 0.15) is 45.9 Å². The molecule has 0 unspecified atom stereocenters. The molecule has 0 saturated carbocycles. The van der Waals surface area contributed by atoms with Crippen LogP contribution in [0.15, 0.2) is 30.3 Å². The number of imidazole rings is 1. The number of morpholine rings is 1. The Kier molecular flexibility index (Phi) is 8.55. The van der Waals surface area contributed by atoms with Gasteiger partial charge in [0.2, 0.25) is 5.95 Å². The van der Waals surface area contributed by atoms with Gasteiger partial charge in [-0.05, 0) is 51.7 Å². The van der Waals surface area contributed by atoms with Crippen molar-refractivity contribution in [1.82, 2.24) is 24.4 Å². The molecule has 5 rings (SSSR count). The summed E-state index contributed by atoms with van der Waals surface area (Å²) >= 11 is 0. The summed E-state index contributed by atoms with van der Waals surface area (Å²) in [7, 11) is 0. The molecule has 1 amide bonds. The molecule has 3 aromatic rings. The summed E-state index contributed by atoms with van der Waals surface area (Å²) < 4.78 is 40.7. The lowest BCUT2D eigenvalue weighted by atomic mass is 9.97. The maximum atomic E-state index is 14.2. The molecule has 1 atom stereocenters. The number of alkyl halides is 2. The van der Waals surface area contributed by atoms with Crippen molar-refractivity contribution in [2.45, 2.75) is 51.7 Å². The molecule has 41 heavy (non-hydrogen) atoms. The summed E-state index contributed by atoms with van der Waals surface area (Å²) in [4.78, 5) is 29.6. The number of fused-ring (bicyclic) bond motifs is 1. The number of hydrogen-bond acceptors (Lipinski definition) is 9. The third-order valence-corrected chi connectivity index (χ3v) is 7.26. The molecule has 2 aliphatic rings. The Morgan fingerprint density at radius 3 is 2.59 bits per heavy atom. The summed E-state index contributed by atoms with van der Waals surface area (Å²) in [6.45, 7) is 8.36. The minimum absolute atomic E-state index is 0.144. The van der Waals surface area contributed by atoms with Gasteiger partial charge in [0.15, 0.2) is 5.82 Å². The molecule has 2 aromatic heterocycles. The fourth-order valence-corrected chi connectivity index (χ4v) is 5.18. The standard InChI is InChI=1S/C28H37F2N7O4/c1-28(2,3)41-27(39)35-10-8-18(9-11-35)15-31-26-33-22(36-12-13-40-17-19(36)16-38)14-23(34-26)37-21-7-5-4-6-20(21)32-25(37)24(29)30/h4-7,14,18-19,24,38H,8-13,15-17H2,1-3H3,(H,31,33,34)/t19-/m0/s1. The quantitative estimate of drug-likeness (QED) is 0.432. The number of carbonyl (C=O) groups is 1. The molecular weight excluding hydrogens is 536 g/mol. The van der Waals surface area contributed by atoms with Crippen molar-refractivity contribution in [3.63, 3.8) is 0 Å². The minimum atomic E-state index is -2.82. The number of ether oxygens (including phenoxy) is 2. The zero-order valence-electron chi connectivity index (χ0n) is 23.6. The van der Waals surface area contributed by atoms with E-state index in [0.29, 0.717) is 56.2 Å². The molecule has 4 heterocycles. The van der Waals surface area contributed by atoms with Crippen LogP contribution in [0.5, 0.6) is 0 Å². The van der Waals surface area contributed by atoms with Gasteiger partial charge in [-0.15, -0.1) is 0 Å². The van der Waals surface area contributed by atoms with E-state index in [1.807, 2.05) is 25.7 Å². The van der Waals surface area contributed by atoms with Crippen LogP contribution in [0, 0.1) is 5.92 Å². The van der Waals surface area contributed by atoms with E-state index in [1.54, 1.807) is 35.2 Å². The summed E-state index contributed by atoms with van der Waals surface area (Å²) in [5.74, 6) is 0.885. The highest BCUT2D eigenvalue weighted by Gasteiger charge is 2.29. The average molecular weight is 574 g/mol. The molecule has 2 saturated heterocycles. The van der Waals surface area contributed by atoms with Crippen LogP contribution >= 0.6 is 0 Å². The number of para-hydroxylation sites is 2. The predicted octanol–water partition coefficient (Wildman–Crippen LogP) is 4.01. The number of aliphatic hydroxyl groups is 1. The number of anilines is 2. The van der Waals surface area contributed by atoms with E-state index in [-0.39, 0.29) is 36.4 Å². The highest BCUT2D eigenvalue weighted by molar-refractivity contribution is 5.78. The maximum absolute atomic E-state index is 14.2. The van der Waals surface area contributed by atoms with Gasteiger partial charge in [0.25, 0.3) is 6.43 Å². The summed E-state index contributed by atoms with van der Waals surface area (Å²) in [5.41, 5.74) is 0.401. The average Bonchev–Trinajstić information content (AvgIpc) is 3.35. The Hall–Kier alpha value is -3.58. The Bertz CT molecular complexity index is 1350. The molecule has 2 fully saturated rings. The summed E-state index contributed by atoms with van der Waals surface area (Å²) in [6.07, 6.45) is -1.58. The molecule has 2 N–H and O–H groups in total. The lowest BCUT2D eigenvalue weighted by molar-refractivity contribution is 0.0188. The molecule has 1 aromatic carbocycles. The zero-order valence-corrected chi connectivity index (χ0v) is 23.6. The number of halogens is 2. The first-order chi connectivity index (χ1) is 19.6. The number of hydrogen-bond donors (Lipinski definition) is 2. The zero-order chi connectivity index (χ0) is 29.1. The topological polar surface area (TPSA) is 118 Å². The smallest absolute Gasteiger partial charge is 0.410 e. The van der Waals surface area contributed by atoms with E-state index in [0.717, 1.165) is 12.8 Å². The number of nitrogens with one attached hydrogen (secondary N) is 1. The van der Waals surface area contributed by atoms with Gasteiger partial charge < -0.3 is 29.7 Å². The Morgan fingerprint density at radius 2 is 1.88 bits per heavy atom. The van der Waals surface area contributed by atoms with Crippen LogP contribution in [0.25, 0.3) is 16.9 Å². The number of aromatic nitrogens is 4. The fraction of sp³-hybridized carbons (Fsp3) is 0.571. The number of amides is 1. The largest absolute Gasteiger partial charge is 0.444 e. The van der Waals surface area contributed by atoms with E-state index in [1.165, 1.54) is 4.57 Å². The number of likely N-dealkylation sites (tertiary alicyclic amines) is 1. The third-order valence-electron chi connectivity index (χ3n) is 7.26. The molecule has 222 valence electrons. The van der Waals surface area contributed by atoms with Gasteiger partial charge in [0.05, 0.1) is 36.9 Å². The van der Waals surface area contributed by atoms with Gasteiger partial charge in [-0.25, -0.2) is 18.6 Å². The highest BCUT2D eigenvalue weighted by atomic mass is 19.3. The van der Waals surface area contributed by atoms with Crippen molar-refractivity contribution in [3.05, 3.63) is 36.2 Å². The van der Waals surface area contributed by atoms with Crippen LogP contribution in [0.2, 0.25) is 0 Å². The van der Waals surface area contributed by atoms with E-state index in [4.69, 9.17) is 14.5 Å². The Morgan fingerprint density at radius 1 is 1.15 bits per heavy atom. The second-order valence-corrected chi connectivity index (χ2v) is 11.4. The Balaban J connectivity index is 1.40. The first kappa shape index (κ1) is 28.9. The highest BCUT2D eigenvalue weighted by Crippen LogP contribution is 2.30. The molecule has 2 aliphatic heterocycles. The van der Waals surface area contributed by atoms with E-state index in [9.17, 15) is 18.7 Å². The van der Waals surface area contributed by atoms with Gasteiger partial charge in [0.1, 0.15) is 17.2 Å². The van der Waals surface area contributed by atoms with Crippen molar-refractivity contribution < 1.29 is 28.2 Å². The van der Waals surface area contributed by atoms with Gasteiger partial charge in [0, 0.05) is 32.2 Å². The molecule has 11 nitrogen and oxygen atoms in total. The van der Waals surface area contributed by atoms with Gasteiger partial charge >= 0.3 is 6.09 Å². The summed E-state index contributed by atoms with van der Waals surface area (Å²) in [6, 6.07) is 8.26. The van der Waals surface area contributed by atoms with Crippen molar-refractivity contribution in [2.75, 3.05) is 56.2 Å². The monoisotopic (exact) mass is 573 g/mol. The normalized spacial score (nSPS) is 18.8. The molecule has 0 bridgehead atoms. The molecule has 0 radical (unpaired) electrons. The van der Waals surface area contributed by atoms with Crippen LogP contribution in [0.3, 0.4) is 0 Å². The van der Waals surface area contributed by atoms with Crippen molar-refractivity contribution in [3.8, 4) is 5.82 Å². The van der Waals surface area contributed by atoms with Crippen LogP contribution in [0.4, 0.5) is 25.3 Å². The van der Waals surface area contributed by atoms with Crippen molar-refractivity contribution in [2.24, 2.45) is 5.92 Å². The second kappa shape index (κ2) is 12.1. The maximum Gasteiger partial charge on any atom is 0.410 e. The van der Waals surface area contributed by atoms with Crippen molar-refractivity contribution in [1.29, 1.82) is 0 Å². The SMILES string of the molecule is CC(C)(C)OC(=O)N1CCC(CNc2nc(N3CCOC[C@@H]3CO)cc(-n3c(C(F)F)nc4ccccc43)n2)CC1. The molecule has 0 aliphatic carbocycles. The van der Waals surface area contributed by atoms with Gasteiger partial charge in [-0.3, -0.25) is 4.57 Å². The fourth-order valence-electron chi connectivity index (χ4n) is 5.18. The van der Waals surface area contributed by atoms with E-state index in [2.05, 4.69) is 15.3 Å². The Labute approximate surface area is 237 Å². The van der Waals surface area contributed by atoms with Crippen molar-refractivity contribution >= 4 is 28.9 Å². The lowest BCUT2D eigenvalue weighted by Crippen LogP contribution is -2.48. The lowest BCUT2D eigenvalue weighted by Gasteiger charge is -2.35. The van der Waals surface area contributed by atoms with Gasteiger partial charge in [-0.2, -0.15) is 9.97 Å². The predicted molar refractivity (Wildman–Crippen MR) is 150 cm³/mol. The number of nitrogens with zero attached hydrogens (tertiary/aromatic N) is 6. The molecule has 0 spiro atoms. The number of piperidine rings is 1. The second-order valence-electron chi connectivity index (χ2n) is 11.4. The van der Waals surface area contributed by atoms with Crippen LogP contribution in [-0.2, 0) is 9.47 Å². The minimum Gasteiger partial charge on any atom is -0.444 e. The van der Waals surface area contributed by atoms with Gasteiger partial charge in [-0.1, -0.05) is 12.1 Å². The number of rotatable bonds is 7.